The van der Waals surface area contributed by atoms with E-state index in [1.807, 2.05) is 37.3 Å². The Morgan fingerprint density at radius 2 is 1.94 bits per heavy atom. The molecule has 1 atom stereocenters. The molecule has 0 aliphatic heterocycles. The highest BCUT2D eigenvalue weighted by Gasteiger charge is 2.15. The van der Waals surface area contributed by atoms with E-state index in [0.29, 0.717) is 0 Å². The molecule has 1 amide bonds. The fourth-order valence-electron chi connectivity index (χ4n) is 1.65. The lowest BCUT2D eigenvalue weighted by molar-refractivity contribution is -0.117. The second-order valence-electron chi connectivity index (χ2n) is 4.04. The number of pyridine rings is 1. The molecule has 2 rings (SSSR count). The molecule has 2 N–H and O–H groups in total. The number of aromatic nitrogens is 1. The third-order valence-electron chi connectivity index (χ3n) is 2.77. The van der Waals surface area contributed by atoms with Gasteiger partial charge in [0.2, 0.25) is 11.3 Å². The van der Waals surface area contributed by atoms with Crippen molar-refractivity contribution in [2.75, 3.05) is 5.32 Å². The number of anilines is 1. The molecule has 0 fully saturated rings. The molecule has 0 spiro atoms. The van der Waals surface area contributed by atoms with Gasteiger partial charge in [-0.05, 0) is 12.5 Å². The topological polar surface area (TPSA) is 62.0 Å². The zero-order chi connectivity index (χ0) is 13.0. The summed E-state index contributed by atoms with van der Waals surface area (Å²) in [5.74, 6) is -0.497. The van der Waals surface area contributed by atoms with Gasteiger partial charge in [-0.15, -0.1) is 0 Å². The molecular formula is C14H14N2O2. The maximum atomic E-state index is 12.0. The van der Waals surface area contributed by atoms with Crippen molar-refractivity contribution < 1.29 is 4.79 Å². The van der Waals surface area contributed by atoms with Crippen LogP contribution in [0, 0.1) is 0 Å². The van der Waals surface area contributed by atoms with E-state index in [1.54, 1.807) is 0 Å². The van der Waals surface area contributed by atoms with Crippen LogP contribution >= 0.6 is 0 Å². The summed E-state index contributed by atoms with van der Waals surface area (Å²) in [6.07, 6.45) is 3.01. The average Bonchev–Trinajstić information content (AvgIpc) is 2.41. The summed E-state index contributed by atoms with van der Waals surface area (Å²) in [6, 6.07) is 10.8. The lowest BCUT2D eigenvalue weighted by Gasteiger charge is -2.11. The van der Waals surface area contributed by atoms with E-state index in [4.69, 9.17) is 0 Å². The number of hydrogen-bond donors (Lipinski definition) is 2. The molecule has 1 heterocycles. The lowest BCUT2D eigenvalue weighted by atomic mass is 10.0. The first kappa shape index (κ1) is 12.1. The number of H-pyrrole nitrogens is 1. The van der Waals surface area contributed by atoms with Crippen LogP contribution in [-0.4, -0.2) is 10.9 Å². The normalized spacial score (nSPS) is 11.8. The van der Waals surface area contributed by atoms with Crippen molar-refractivity contribution in [2.45, 2.75) is 12.8 Å². The number of rotatable bonds is 3. The Balaban J connectivity index is 2.14. The molecule has 0 radical (unpaired) electrons. The van der Waals surface area contributed by atoms with Crippen LogP contribution in [-0.2, 0) is 4.79 Å². The van der Waals surface area contributed by atoms with Crippen LogP contribution in [0.25, 0.3) is 0 Å². The molecule has 0 aliphatic rings. The van der Waals surface area contributed by atoms with Crippen LogP contribution in [0.2, 0.25) is 0 Å². The van der Waals surface area contributed by atoms with E-state index < -0.39 is 0 Å². The molecule has 92 valence electrons. The van der Waals surface area contributed by atoms with Crippen LogP contribution < -0.4 is 10.7 Å². The highest BCUT2D eigenvalue weighted by atomic mass is 16.2. The van der Waals surface area contributed by atoms with Gasteiger partial charge in [-0.2, -0.15) is 0 Å². The second kappa shape index (κ2) is 5.31. The Kier molecular flexibility index (Phi) is 3.57. The minimum atomic E-state index is -0.300. The zero-order valence-corrected chi connectivity index (χ0v) is 10.0. The maximum absolute atomic E-state index is 12.0. The monoisotopic (exact) mass is 242 g/mol. The number of carbonyl (C=O) groups is 1. The molecule has 1 unspecified atom stereocenters. The minimum absolute atomic E-state index is 0.196. The summed E-state index contributed by atoms with van der Waals surface area (Å²) < 4.78 is 0. The fourth-order valence-corrected chi connectivity index (χ4v) is 1.65. The van der Waals surface area contributed by atoms with Crippen LogP contribution in [0.5, 0.6) is 0 Å². The van der Waals surface area contributed by atoms with Crippen molar-refractivity contribution in [1.29, 1.82) is 0 Å². The molecule has 0 saturated carbocycles. The molecule has 0 saturated heterocycles. The maximum Gasteiger partial charge on any atom is 0.231 e. The number of hydrogen-bond acceptors (Lipinski definition) is 2. The van der Waals surface area contributed by atoms with Crippen molar-refractivity contribution in [3.8, 4) is 0 Å². The van der Waals surface area contributed by atoms with Crippen LogP contribution in [0.4, 0.5) is 5.69 Å². The fraction of sp³-hybridized carbons (Fsp3) is 0.143. The minimum Gasteiger partial charge on any atom is -0.366 e. The Bertz CT molecular complexity index is 590. The molecule has 18 heavy (non-hydrogen) atoms. The average molecular weight is 242 g/mol. The third-order valence-corrected chi connectivity index (χ3v) is 2.77. The summed E-state index contributed by atoms with van der Waals surface area (Å²) in [5.41, 5.74) is 0.981. The lowest BCUT2D eigenvalue weighted by Crippen LogP contribution is -2.22. The smallest absolute Gasteiger partial charge is 0.231 e. The van der Waals surface area contributed by atoms with E-state index in [2.05, 4.69) is 10.3 Å². The molecule has 0 aliphatic carbocycles. The van der Waals surface area contributed by atoms with Gasteiger partial charge in [0.25, 0.3) is 0 Å². The molecule has 1 aromatic carbocycles. The van der Waals surface area contributed by atoms with E-state index in [9.17, 15) is 9.59 Å². The summed E-state index contributed by atoms with van der Waals surface area (Å²) >= 11 is 0. The number of aromatic amines is 1. The number of nitrogens with one attached hydrogen (secondary N) is 2. The van der Waals surface area contributed by atoms with Gasteiger partial charge in [0.15, 0.2) is 0 Å². The van der Waals surface area contributed by atoms with Gasteiger partial charge in [-0.3, -0.25) is 9.59 Å². The number of amides is 1. The SMILES string of the molecule is CC(C(=O)Nc1c[nH]ccc1=O)c1ccccc1. The van der Waals surface area contributed by atoms with Crippen molar-refractivity contribution in [3.63, 3.8) is 0 Å². The zero-order valence-electron chi connectivity index (χ0n) is 10.0. The van der Waals surface area contributed by atoms with E-state index in [0.717, 1.165) is 5.56 Å². The third kappa shape index (κ3) is 2.66. The summed E-state index contributed by atoms with van der Waals surface area (Å²) in [6.45, 7) is 1.81. The molecular weight excluding hydrogens is 228 g/mol. The van der Waals surface area contributed by atoms with Crippen molar-refractivity contribution >= 4 is 11.6 Å². The highest BCUT2D eigenvalue weighted by molar-refractivity contribution is 5.95. The Labute approximate surface area is 105 Å². The van der Waals surface area contributed by atoms with Crippen LogP contribution in [0.15, 0.2) is 53.6 Å². The molecule has 1 aromatic heterocycles. The van der Waals surface area contributed by atoms with Gasteiger partial charge < -0.3 is 10.3 Å². The summed E-state index contributed by atoms with van der Waals surface area (Å²) in [7, 11) is 0. The van der Waals surface area contributed by atoms with E-state index in [-0.39, 0.29) is 22.9 Å². The van der Waals surface area contributed by atoms with Crippen molar-refractivity contribution in [1.82, 2.24) is 4.98 Å². The molecule has 2 aromatic rings. The molecule has 4 heteroatoms. The highest BCUT2D eigenvalue weighted by Crippen LogP contribution is 2.15. The van der Waals surface area contributed by atoms with E-state index in [1.165, 1.54) is 18.5 Å². The Morgan fingerprint density at radius 3 is 2.61 bits per heavy atom. The quantitative estimate of drug-likeness (QED) is 0.866. The largest absolute Gasteiger partial charge is 0.366 e. The van der Waals surface area contributed by atoms with Crippen LogP contribution in [0.1, 0.15) is 18.4 Å². The van der Waals surface area contributed by atoms with Gasteiger partial charge >= 0.3 is 0 Å². The predicted octanol–water partition coefficient (Wildman–Crippen LogP) is 2.12. The first-order valence-electron chi connectivity index (χ1n) is 5.71. The van der Waals surface area contributed by atoms with Crippen molar-refractivity contribution in [2.24, 2.45) is 0 Å². The number of carbonyl (C=O) groups excluding carboxylic acids is 1. The summed E-state index contributed by atoms with van der Waals surface area (Å²) in [4.78, 5) is 26.3. The number of benzene rings is 1. The second-order valence-corrected chi connectivity index (χ2v) is 4.04. The van der Waals surface area contributed by atoms with Crippen molar-refractivity contribution in [3.05, 3.63) is 64.6 Å². The Morgan fingerprint density at radius 1 is 1.22 bits per heavy atom. The Hall–Kier alpha value is -2.36. The van der Waals surface area contributed by atoms with Gasteiger partial charge in [0.1, 0.15) is 5.69 Å². The van der Waals surface area contributed by atoms with Gasteiger partial charge in [0.05, 0.1) is 5.92 Å². The first-order chi connectivity index (χ1) is 8.68. The standard InChI is InChI=1S/C14H14N2O2/c1-10(11-5-3-2-4-6-11)14(18)16-12-9-15-8-7-13(12)17/h2-10H,1H3,(H,15,17)(H,16,18). The van der Waals surface area contributed by atoms with E-state index >= 15 is 0 Å². The predicted molar refractivity (Wildman–Crippen MR) is 70.5 cm³/mol. The molecule has 0 bridgehead atoms. The van der Waals surface area contributed by atoms with Crippen LogP contribution in [0.3, 0.4) is 0 Å². The van der Waals surface area contributed by atoms with Gasteiger partial charge in [-0.1, -0.05) is 30.3 Å². The first-order valence-corrected chi connectivity index (χ1v) is 5.71. The summed E-state index contributed by atoms with van der Waals surface area (Å²) in [5, 5.41) is 2.63. The van der Waals surface area contributed by atoms with Gasteiger partial charge in [0, 0.05) is 18.5 Å². The molecule has 4 nitrogen and oxygen atoms in total. The van der Waals surface area contributed by atoms with Gasteiger partial charge in [-0.25, -0.2) is 0 Å².